The first-order valence-corrected chi connectivity index (χ1v) is 23.0. The lowest BCUT2D eigenvalue weighted by Crippen LogP contribution is -2.42. The van der Waals surface area contributed by atoms with Gasteiger partial charge in [0.25, 0.3) is 11.8 Å². The third-order valence-electron chi connectivity index (χ3n) is 11.6. The molecule has 3 aliphatic heterocycles. The molecule has 0 fully saturated rings. The van der Waals surface area contributed by atoms with E-state index in [-0.39, 0.29) is 64.8 Å². The van der Waals surface area contributed by atoms with Crippen LogP contribution >= 0.6 is 11.3 Å². The number of carbonyl (C=O) groups is 3. The van der Waals surface area contributed by atoms with Crippen LogP contribution in [0.25, 0.3) is 11.4 Å². The van der Waals surface area contributed by atoms with Gasteiger partial charge in [-0.1, -0.05) is 25.2 Å². The largest absolute Gasteiger partial charge is 0.494 e. The molecule has 0 bridgehead atoms. The molecule has 3 aliphatic rings. The maximum atomic E-state index is 14.3. The van der Waals surface area contributed by atoms with E-state index in [9.17, 15) is 40.7 Å². The molecule has 0 radical (unpaired) electrons. The summed E-state index contributed by atoms with van der Waals surface area (Å²) >= 11 is 1.12. The first-order chi connectivity index (χ1) is 34.6. The van der Waals surface area contributed by atoms with Crippen LogP contribution in [0, 0.1) is 13.8 Å². The van der Waals surface area contributed by atoms with Gasteiger partial charge >= 0.3 is 12.4 Å². The first kappa shape index (κ1) is 51.3. The lowest BCUT2D eigenvalue weighted by molar-refractivity contribution is -0.138. The highest BCUT2D eigenvalue weighted by Crippen LogP contribution is 2.39. The molecule has 0 saturated carbocycles. The first-order valence-electron chi connectivity index (χ1n) is 22.2. The van der Waals surface area contributed by atoms with E-state index in [4.69, 9.17) is 4.74 Å². The number of carbonyl (C=O) groups excluding carboxylic acids is 3. The monoisotopic (exact) mass is 1030 g/mol. The van der Waals surface area contributed by atoms with Crippen LogP contribution in [0.4, 0.5) is 48.7 Å². The fourth-order valence-electron chi connectivity index (χ4n) is 7.65. The fourth-order valence-corrected chi connectivity index (χ4v) is 8.44. The number of methoxy groups -OCH3 is 1. The molecule has 20 nitrogen and oxygen atoms in total. The highest BCUT2D eigenvalue weighted by atomic mass is 32.1. The molecule has 0 unspecified atom stereocenters. The molecule has 384 valence electrons. The molecule has 0 atom stereocenters. The molecule has 7 heterocycles. The molecule has 0 spiro atoms. The molecular formula is C46H48F6N16O4S. The standard InChI is InChI=1S/C46H48F6N16O4S/c1-23(2)54-15-27-10-31(46(50,51)52)13-33(41(27)72-7)58-43(71)29-12-37(68-20-34(61-63-68)32-17-57-65(6)25(32)4)26(5)66(19-29)22-40(69)60-44-56-18-38(73-44)35-21-67(64-62-35)36-11-28(16-55-24(36)3)42(70)59-39-14-30(8-9-53-39)45(47,48)49/h8-14,16-18,20-21,23,54,61-64H,15,19,22H2,1-7H3,(H,58,71)(H,53,59,70)(H,56,60,69). The van der Waals surface area contributed by atoms with Gasteiger partial charge in [0.05, 0.1) is 75.6 Å². The molecule has 1 aromatic carbocycles. The summed E-state index contributed by atoms with van der Waals surface area (Å²) in [6.45, 7) is 8.64. The normalized spacial score (nSPS) is 15.0. The molecule has 8 rings (SSSR count). The second-order valence-corrected chi connectivity index (χ2v) is 18.1. The molecule has 4 aromatic heterocycles. The third kappa shape index (κ3) is 11.5. The predicted octanol–water partition coefficient (Wildman–Crippen LogP) is 6.28. The van der Waals surface area contributed by atoms with Crippen molar-refractivity contribution in [1.82, 2.24) is 61.9 Å². The number of halogens is 6. The molecule has 3 amide bonds. The van der Waals surface area contributed by atoms with E-state index in [1.165, 1.54) is 30.6 Å². The number of aryl methyl sites for hydroxylation is 2. The van der Waals surface area contributed by atoms with Crippen molar-refractivity contribution in [1.29, 1.82) is 0 Å². The Morgan fingerprint density at radius 2 is 1.58 bits per heavy atom. The number of aromatic nitrogens is 5. The number of rotatable bonds is 15. The van der Waals surface area contributed by atoms with E-state index in [1.807, 2.05) is 20.8 Å². The average molecular weight is 1040 g/mol. The Balaban J connectivity index is 0.999. The number of hydrogen-bond donors (Lipinski definition) is 8. The smallest absolute Gasteiger partial charge is 0.416 e. The van der Waals surface area contributed by atoms with Gasteiger partial charge in [-0.2, -0.15) is 31.4 Å². The highest BCUT2D eigenvalue weighted by molar-refractivity contribution is 7.16. The van der Waals surface area contributed by atoms with Gasteiger partial charge < -0.3 is 41.8 Å². The predicted molar refractivity (Wildman–Crippen MR) is 259 cm³/mol. The van der Waals surface area contributed by atoms with Gasteiger partial charge in [-0.25, -0.2) is 9.97 Å². The summed E-state index contributed by atoms with van der Waals surface area (Å²) in [5.74, 6) is -2.24. The number of benzene rings is 1. The quantitative estimate of drug-likeness (QED) is 0.0541. The van der Waals surface area contributed by atoms with Gasteiger partial charge in [-0.05, 0) is 57.2 Å². The SMILES string of the molecule is COc1c(CNC(C)C)cc(C(F)(F)F)cc1NC(=O)C1=CC(N2C=C(c3cnn(C)c3C)NN2)=C(C)N(CC(=O)Nc2ncc(C3=CN(c4cc(C(=O)Nc5cc(C(F)(F)F)ccn5)cnc4C)NN3)s2)C1. The Labute approximate surface area is 417 Å². The summed E-state index contributed by atoms with van der Waals surface area (Å²) < 4.78 is 89.7. The molecular weight excluding hydrogens is 987 g/mol. The van der Waals surface area contributed by atoms with Gasteiger partial charge in [0, 0.05) is 85.3 Å². The van der Waals surface area contributed by atoms with Crippen molar-refractivity contribution in [2.45, 2.75) is 59.6 Å². The minimum Gasteiger partial charge on any atom is -0.494 e. The molecule has 73 heavy (non-hydrogen) atoms. The van der Waals surface area contributed by atoms with Gasteiger partial charge in [0.1, 0.15) is 11.6 Å². The Hall–Kier alpha value is -8.01. The molecule has 0 saturated heterocycles. The number of nitrogens with one attached hydrogen (secondary N) is 8. The number of anilines is 4. The van der Waals surface area contributed by atoms with E-state index in [2.05, 4.69) is 63.2 Å². The maximum absolute atomic E-state index is 14.3. The highest BCUT2D eigenvalue weighted by Gasteiger charge is 2.35. The lowest BCUT2D eigenvalue weighted by atomic mass is 10.0. The van der Waals surface area contributed by atoms with Crippen LogP contribution < -0.4 is 52.9 Å². The number of allylic oxidation sites excluding steroid dienone is 2. The van der Waals surface area contributed by atoms with Gasteiger partial charge in [0.15, 0.2) is 5.13 Å². The van der Waals surface area contributed by atoms with Crippen molar-refractivity contribution in [3.63, 3.8) is 0 Å². The molecule has 5 aromatic rings. The van der Waals surface area contributed by atoms with Crippen LogP contribution in [0.2, 0.25) is 0 Å². The Kier molecular flexibility index (Phi) is 14.5. The van der Waals surface area contributed by atoms with E-state index < -0.39 is 41.2 Å². The zero-order valence-electron chi connectivity index (χ0n) is 40.0. The van der Waals surface area contributed by atoms with Crippen molar-refractivity contribution in [3.05, 3.63) is 135 Å². The topological polar surface area (TPSA) is 223 Å². The maximum Gasteiger partial charge on any atom is 0.416 e. The summed E-state index contributed by atoms with van der Waals surface area (Å²) in [6, 6.07) is 4.74. The summed E-state index contributed by atoms with van der Waals surface area (Å²) in [5.41, 5.74) is 15.0. The van der Waals surface area contributed by atoms with E-state index in [0.717, 1.165) is 53.1 Å². The van der Waals surface area contributed by atoms with Gasteiger partial charge in [-0.3, -0.25) is 34.1 Å². The fraction of sp³-hybridized carbons (Fsp3) is 0.283. The molecule has 27 heteroatoms. The van der Waals surface area contributed by atoms with Crippen molar-refractivity contribution in [3.8, 4) is 5.75 Å². The average Bonchev–Trinajstić information content (AvgIpc) is 4.17. The lowest BCUT2D eigenvalue weighted by Gasteiger charge is -2.33. The van der Waals surface area contributed by atoms with Crippen molar-refractivity contribution in [2.24, 2.45) is 7.05 Å². The van der Waals surface area contributed by atoms with Crippen LogP contribution in [0.15, 0.2) is 90.6 Å². The number of amides is 3. The summed E-state index contributed by atoms with van der Waals surface area (Å²) in [4.78, 5) is 55.9. The third-order valence-corrected chi connectivity index (χ3v) is 12.6. The zero-order chi connectivity index (χ0) is 52.5. The van der Waals surface area contributed by atoms with Crippen LogP contribution in [-0.4, -0.2) is 78.6 Å². The second kappa shape index (κ2) is 20.6. The number of alkyl halides is 6. The Morgan fingerprint density at radius 3 is 2.27 bits per heavy atom. The Bertz CT molecular complexity index is 3110. The summed E-state index contributed by atoms with van der Waals surface area (Å²) in [6.07, 6.45) is 1.03. The number of nitrogens with zero attached hydrogens (tertiary/aromatic N) is 8. The van der Waals surface area contributed by atoms with Crippen molar-refractivity contribution < 1.29 is 45.5 Å². The second-order valence-electron chi connectivity index (χ2n) is 17.1. The van der Waals surface area contributed by atoms with Gasteiger partial charge in [0.2, 0.25) is 5.91 Å². The van der Waals surface area contributed by atoms with Crippen LogP contribution in [-0.2, 0) is 35.5 Å². The van der Waals surface area contributed by atoms with Crippen molar-refractivity contribution in [2.75, 3.05) is 41.2 Å². The summed E-state index contributed by atoms with van der Waals surface area (Å²) in [7, 11) is 3.11. The number of ether oxygens (including phenoxy) is 1. The summed E-state index contributed by atoms with van der Waals surface area (Å²) in [5, 5.41) is 18.6. The molecule has 0 aliphatic carbocycles. The Morgan fingerprint density at radius 1 is 0.849 bits per heavy atom. The number of hydrogen-bond acceptors (Lipinski definition) is 17. The number of thiazole rings is 1. The number of pyridine rings is 2. The van der Waals surface area contributed by atoms with Crippen LogP contribution in [0.5, 0.6) is 5.75 Å². The van der Waals surface area contributed by atoms with Gasteiger partial charge in [-0.15, -0.1) is 11.1 Å². The minimum absolute atomic E-state index is 0.0270. The van der Waals surface area contributed by atoms with E-state index in [0.29, 0.717) is 39.0 Å². The van der Waals surface area contributed by atoms with E-state index >= 15 is 0 Å². The zero-order valence-corrected chi connectivity index (χ0v) is 40.8. The van der Waals surface area contributed by atoms with Crippen molar-refractivity contribution >= 4 is 62.8 Å². The minimum atomic E-state index is -4.74. The number of hydrazine groups is 4. The molecule has 8 N–H and O–H groups in total. The van der Waals surface area contributed by atoms with Crippen LogP contribution in [0.3, 0.4) is 0 Å². The van der Waals surface area contributed by atoms with Crippen LogP contribution in [0.1, 0.15) is 69.6 Å². The van der Waals surface area contributed by atoms with E-state index in [1.54, 1.807) is 60.2 Å².